The maximum atomic E-state index is 10.6. The van der Waals surface area contributed by atoms with Gasteiger partial charge in [0.2, 0.25) is 0 Å². The monoisotopic (exact) mass is 434 g/mol. The highest BCUT2D eigenvalue weighted by atomic mass is 127. The van der Waals surface area contributed by atoms with Gasteiger partial charge in [0, 0.05) is 19.1 Å². The van der Waals surface area contributed by atoms with Gasteiger partial charge in [0.25, 0.3) is 5.91 Å². The minimum Gasteiger partial charge on any atom is -0.484 e. The largest absolute Gasteiger partial charge is 0.484 e. The topological polar surface area (TPSA) is 88.7 Å². The van der Waals surface area contributed by atoms with Crippen molar-refractivity contribution < 1.29 is 9.53 Å². The number of rotatable bonds is 6. The molecular weight excluding hydrogens is 407 g/mol. The lowest BCUT2D eigenvalue weighted by Crippen LogP contribution is -2.48. The summed E-state index contributed by atoms with van der Waals surface area (Å²) in [7, 11) is 1.76. The molecule has 0 spiro atoms. The van der Waals surface area contributed by atoms with E-state index in [1.165, 1.54) is 5.56 Å². The van der Waals surface area contributed by atoms with Gasteiger partial charge in [0.15, 0.2) is 12.6 Å². The molecule has 0 fully saturated rings. The third-order valence-electron chi connectivity index (χ3n) is 2.73. The molecule has 0 radical (unpaired) electrons. The summed E-state index contributed by atoms with van der Waals surface area (Å²) in [6, 6.07) is 7.61. The molecule has 0 atom stereocenters. The van der Waals surface area contributed by atoms with Gasteiger partial charge in [0.05, 0.1) is 0 Å². The Morgan fingerprint density at radius 2 is 1.87 bits per heavy atom. The van der Waals surface area contributed by atoms with Crippen molar-refractivity contribution >= 4 is 35.8 Å². The minimum atomic E-state index is -0.481. The van der Waals surface area contributed by atoms with Crippen molar-refractivity contribution in [2.24, 2.45) is 10.7 Å². The van der Waals surface area contributed by atoms with Gasteiger partial charge in [-0.3, -0.25) is 9.79 Å². The highest BCUT2D eigenvalue weighted by Gasteiger charge is 2.11. The first-order valence-electron chi connectivity index (χ1n) is 7.29. The summed E-state index contributed by atoms with van der Waals surface area (Å²) in [4.78, 5) is 14.8. The van der Waals surface area contributed by atoms with Gasteiger partial charge in [0.1, 0.15) is 5.75 Å². The lowest BCUT2D eigenvalue weighted by Gasteiger charge is -2.23. The van der Waals surface area contributed by atoms with E-state index in [1.807, 2.05) is 24.3 Å². The fraction of sp³-hybridized carbons (Fsp3) is 0.500. The number of hydrogen-bond acceptors (Lipinski definition) is 3. The van der Waals surface area contributed by atoms with Crippen LogP contribution < -0.4 is 21.1 Å². The zero-order chi connectivity index (χ0) is 16.6. The zero-order valence-electron chi connectivity index (χ0n) is 14.2. The van der Waals surface area contributed by atoms with Crippen molar-refractivity contribution in [3.05, 3.63) is 29.8 Å². The summed E-state index contributed by atoms with van der Waals surface area (Å²) >= 11 is 0. The average molecular weight is 434 g/mol. The molecule has 0 saturated carbocycles. The van der Waals surface area contributed by atoms with Crippen molar-refractivity contribution in [2.45, 2.75) is 32.7 Å². The van der Waals surface area contributed by atoms with Gasteiger partial charge in [-0.2, -0.15) is 0 Å². The van der Waals surface area contributed by atoms with Gasteiger partial charge in [-0.15, -0.1) is 24.0 Å². The van der Waals surface area contributed by atoms with Crippen LogP contribution in [0.4, 0.5) is 0 Å². The number of nitrogens with one attached hydrogen (secondary N) is 2. The second-order valence-electron chi connectivity index (χ2n) is 6.02. The lowest BCUT2D eigenvalue weighted by molar-refractivity contribution is -0.119. The summed E-state index contributed by atoms with van der Waals surface area (Å²) in [6.07, 6.45) is 0.862. The maximum absolute atomic E-state index is 10.6. The third kappa shape index (κ3) is 9.98. The Kier molecular flexibility index (Phi) is 9.62. The van der Waals surface area contributed by atoms with Crippen molar-refractivity contribution in [1.82, 2.24) is 10.6 Å². The number of aliphatic imine (C=N–C) groups is 1. The van der Waals surface area contributed by atoms with Crippen LogP contribution in [-0.2, 0) is 11.2 Å². The fourth-order valence-corrected chi connectivity index (χ4v) is 1.77. The summed E-state index contributed by atoms with van der Waals surface area (Å²) in [6.45, 7) is 6.94. The van der Waals surface area contributed by atoms with Gasteiger partial charge in [-0.1, -0.05) is 12.1 Å². The molecule has 23 heavy (non-hydrogen) atoms. The molecule has 4 N–H and O–H groups in total. The second-order valence-corrected chi connectivity index (χ2v) is 6.02. The number of nitrogens with zero attached hydrogens (tertiary/aromatic N) is 1. The van der Waals surface area contributed by atoms with Gasteiger partial charge in [-0.05, 0) is 44.9 Å². The number of benzene rings is 1. The number of halogens is 1. The molecule has 0 aliphatic carbocycles. The van der Waals surface area contributed by atoms with Crippen LogP contribution in [0.2, 0.25) is 0 Å². The van der Waals surface area contributed by atoms with E-state index in [0.717, 1.165) is 18.9 Å². The number of nitrogens with two attached hydrogens (primary N) is 1. The molecular formula is C16H27IN4O2. The Hall–Kier alpha value is -1.51. The van der Waals surface area contributed by atoms with Crippen LogP contribution in [0.1, 0.15) is 26.3 Å². The standard InChI is InChI=1S/C16H26N4O2.HI/c1-16(2,3)20-15(18-4)19-10-9-12-5-7-13(8-6-12)22-11-14(17)21;/h5-8H,9-11H2,1-4H3,(H2,17,21)(H2,18,19,20);1H. The minimum absolute atomic E-state index is 0. The van der Waals surface area contributed by atoms with Crippen LogP contribution in [0.25, 0.3) is 0 Å². The summed E-state index contributed by atoms with van der Waals surface area (Å²) in [5.74, 6) is 0.945. The van der Waals surface area contributed by atoms with Gasteiger partial charge < -0.3 is 21.1 Å². The average Bonchev–Trinajstić information content (AvgIpc) is 2.44. The Balaban J connectivity index is 0.00000484. The summed E-state index contributed by atoms with van der Waals surface area (Å²) < 4.78 is 5.22. The first-order valence-corrected chi connectivity index (χ1v) is 7.29. The van der Waals surface area contributed by atoms with Gasteiger partial charge in [-0.25, -0.2) is 0 Å². The maximum Gasteiger partial charge on any atom is 0.255 e. The smallest absolute Gasteiger partial charge is 0.255 e. The number of primary amides is 1. The number of carbonyl (C=O) groups excluding carboxylic acids is 1. The number of hydrogen-bond donors (Lipinski definition) is 3. The molecule has 0 aromatic heterocycles. The van der Waals surface area contributed by atoms with Crippen LogP contribution in [-0.4, -0.2) is 37.6 Å². The number of carbonyl (C=O) groups is 1. The molecule has 1 aromatic carbocycles. The molecule has 7 heteroatoms. The van der Waals surface area contributed by atoms with Crippen LogP contribution in [0.15, 0.2) is 29.3 Å². The normalized spacial score (nSPS) is 11.4. The Morgan fingerprint density at radius 3 is 2.35 bits per heavy atom. The molecule has 0 heterocycles. The highest BCUT2D eigenvalue weighted by molar-refractivity contribution is 14.0. The Bertz CT molecular complexity index is 510. The number of guanidine groups is 1. The number of ether oxygens (including phenoxy) is 1. The van der Waals surface area contributed by atoms with Crippen LogP contribution in [0.5, 0.6) is 5.75 Å². The highest BCUT2D eigenvalue weighted by Crippen LogP contribution is 2.12. The second kappa shape index (κ2) is 10.3. The molecule has 1 rings (SSSR count). The Morgan fingerprint density at radius 1 is 1.26 bits per heavy atom. The van der Waals surface area contributed by atoms with Crippen molar-refractivity contribution in [3.8, 4) is 5.75 Å². The van der Waals surface area contributed by atoms with E-state index in [0.29, 0.717) is 5.75 Å². The molecule has 1 aromatic rings. The van der Waals surface area contributed by atoms with E-state index in [9.17, 15) is 4.79 Å². The van der Waals surface area contributed by atoms with E-state index in [-0.39, 0.29) is 36.1 Å². The third-order valence-corrected chi connectivity index (χ3v) is 2.73. The van der Waals surface area contributed by atoms with Crippen LogP contribution in [0, 0.1) is 0 Å². The Labute approximate surface area is 155 Å². The first kappa shape index (κ1) is 21.5. The summed E-state index contributed by atoms with van der Waals surface area (Å²) in [5.41, 5.74) is 6.18. The molecule has 6 nitrogen and oxygen atoms in total. The van der Waals surface area contributed by atoms with Gasteiger partial charge >= 0.3 is 0 Å². The van der Waals surface area contributed by atoms with Crippen molar-refractivity contribution in [1.29, 1.82) is 0 Å². The zero-order valence-corrected chi connectivity index (χ0v) is 16.5. The van der Waals surface area contributed by atoms with Crippen molar-refractivity contribution in [2.75, 3.05) is 20.2 Å². The van der Waals surface area contributed by atoms with E-state index in [1.54, 1.807) is 7.05 Å². The van der Waals surface area contributed by atoms with E-state index < -0.39 is 5.91 Å². The van der Waals surface area contributed by atoms with Crippen LogP contribution in [0.3, 0.4) is 0 Å². The molecule has 0 aliphatic rings. The molecule has 0 unspecified atom stereocenters. The SMILES string of the molecule is CN=C(NCCc1ccc(OCC(N)=O)cc1)NC(C)(C)C.I. The summed E-state index contributed by atoms with van der Waals surface area (Å²) in [5, 5.41) is 6.58. The van der Waals surface area contributed by atoms with E-state index in [2.05, 4.69) is 36.4 Å². The molecule has 0 bridgehead atoms. The first-order chi connectivity index (χ1) is 10.3. The predicted octanol–water partition coefficient (Wildman–Crippen LogP) is 1.67. The van der Waals surface area contributed by atoms with E-state index >= 15 is 0 Å². The quantitative estimate of drug-likeness (QED) is 0.361. The molecule has 0 saturated heterocycles. The van der Waals surface area contributed by atoms with Crippen molar-refractivity contribution in [3.63, 3.8) is 0 Å². The molecule has 0 aliphatic heterocycles. The number of amides is 1. The lowest BCUT2D eigenvalue weighted by atomic mass is 10.1. The fourth-order valence-electron chi connectivity index (χ4n) is 1.77. The van der Waals surface area contributed by atoms with E-state index in [4.69, 9.17) is 10.5 Å². The molecule has 1 amide bonds. The predicted molar refractivity (Wildman–Crippen MR) is 105 cm³/mol. The van der Waals surface area contributed by atoms with Crippen LogP contribution >= 0.6 is 24.0 Å². The molecule has 130 valence electrons.